The molecule has 0 bridgehead atoms. The van der Waals surface area contributed by atoms with Gasteiger partial charge in [0.1, 0.15) is 5.56 Å². The number of carbonyl (C=O) groups is 1. The highest BCUT2D eigenvalue weighted by molar-refractivity contribution is 5.93. The third-order valence-electron chi connectivity index (χ3n) is 3.86. The minimum atomic E-state index is -0.383. The normalized spacial score (nSPS) is 15.7. The van der Waals surface area contributed by atoms with Crippen molar-refractivity contribution in [1.29, 1.82) is 0 Å². The van der Waals surface area contributed by atoms with Crippen molar-refractivity contribution in [2.24, 2.45) is 0 Å². The number of aromatic amines is 1. The zero-order chi connectivity index (χ0) is 15.4. The summed E-state index contributed by atoms with van der Waals surface area (Å²) in [5.74, 6) is -0.242. The maximum absolute atomic E-state index is 12.3. The van der Waals surface area contributed by atoms with E-state index >= 15 is 0 Å². The van der Waals surface area contributed by atoms with Gasteiger partial charge in [-0.15, -0.1) is 0 Å². The number of benzene rings is 1. The summed E-state index contributed by atoms with van der Waals surface area (Å²) in [7, 11) is 0. The van der Waals surface area contributed by atoms with Crippen LogP contribution in [0, 0.1) is 0 Å². The lowest BCUT2D eigenvalue weighted by Gasteiger charge is -2.34. The van der Waals surface area contributed by atoms with E-state index in [0.717, 1.165) is 19.6 Å². The topological polar surface area (TPSA) is 69.3 Å². The number of amides is 1. The average Bonchev–Trinajstić information content (AvgIpc) is 2.56. The van der Waals surface area contributed by atoms with E-state index < -0.39 is 0 Å². The summed E-state index contributed by atoms with van der Waals surface area (Å²) >= 11 is 0. The third-order valence-corrected chi connectivity index (χ3v) is 3.86. The smallest absolute Gasteiger partial charge is 0.263 e. The van der Waals surface area contributed by atoms with Gasteiger partial charge in [0.05, 0.1) is 6.33 Å². The molecule has 6 nitrogen and oxygen atoms in total. The van der Waals surface area contributed by atoms with Gasteiger partial charge in [-0.05, 0) is 5.56 Å². The van der Waals surface area contributed by atoms with Crippen LogP contribution in [0.2, 0.25) is 0 Å². The van der Waals surface area contributed by atoms with Gasteiger partial charge in [-0.25, -0.2) is 4.98 Å². The van der Waals surface area contributed by atoms with E-state index in [4.69, 9.17) is 0 Å². The average molecular weight is 298 g/mol. The van der Waals surface area contributed by atoms with Crippen LogP contribution in [-0.2, 0) is 6.54 Å². The minimum absolute atomic E-state index is 0.110. The maximum atomic E-state index is 12.3. The largest absolute Gasteiger partial charge is 0.336 e. The predicted molar refractivity (Wildman–Crippen MR) is 82.5 cm³/mol. The van der Waals surface area contributed by atoms with Crippen LogP contribution in [0.1, 0.15) is 15.9 Å². The molecule has 0 radical (unpaired) electrons. The molecule has 1 amide bonds. The third kappa shape index (κ3) is 3.23. The number of carbonyl (C=O) groups excluding carboxylic acids is 1. The quantitative estimate of drug-likeness (QED) is 0.907. The van der Waals surface area contributed by atoms with Crippen molar-refractivity contribution < 1.29 is 4.79 Å². The van der Waals surface area contributed by atoms with Crippen molar-refractivity contribution in [2.75, 3.05) is 26.2 Å². The molecular weight excluding hydrogens is 280 g/mol. The molecule has 1 aliphatic heterocycles. The number of nitrogens with one attached hydrogen (secondary N) is 1. The first kappa shape index (κ1) is 14.5. The maximum Gasteiger partial charge on any atom is 0.263 e. The van der Waals surface area contributed by atoms with E-state index in [2.05, 4.69) is 27.0 Å². The van der Waals surface area contributed by atoms with Crippen LogP contribution in [0.5, 0.6) is 0 Å². The Morgan fingerprint density at radius 3 is 2.55 bits per heavy atom. The van der Waals surface area contributed by atoms with Crippen LogP contribution in [-0.4, -0.2) is 51.9 Å². The Bertz CT molecular complexity index is 691. The molecule has 1 saturated heterocycles. The molecule has 6 heteroatoms. The summed E-state index contributed by atoms with van der Waals surface area (Å²) in [5.41, 5.74) is 0.997. The number of H-pyrrole nitrogens is 1. The molecule has 2 heterocycles. The highest BCUT2D eigenvalue weighted by Crippen LogP contribution is 2.09. The molecule has 114 valence electrons. The van der Waals surface area contributed by atoms with Gasteiger partial charge >= 0.3 is 0 Å². The lowest BCUT2D eigenvalue weighted by atomic mass is 10.2. The molecule has 0 saturated carbocycles. The summed E-state index contributed by atoms with van der Waals surface area (Å²) in [4.78, 5) is 34.3. The Hall–Kier alpha value is -2.47. The molecule has 1 N–H and O–H groups in total. The van der Waals surface area contributed by atoms with Crippen molar-refractivity contribution >= 4 is 5.91 Å². The van der Waals surface area contributed by atoms with E-state index in [-0.39, 0.29) is 17.0 Å². The summed E-state index contributed by atoms with van der Waals surface area (Å²) < 4.78 is 0. The van der Waals surface area contributed by atoms with Crippen LogP contribution in [0.25, 0.3) is 0 Å². The Labute approximate surface area is 128 Å². The second-order valence-corrected chi connectivity index (χ2v) is 5.35. The molecule has 3 rings (SSSR count). The van der Waals surface area contributed by atoms with Crippen molar-refractivity contribution in [1.82, 2.24) is 19.8 Å². The zero-order valence-electron chi connectivity index (χ0n) is 12.2. The van der Waals surface area contributed by atoms with Gasteiger partial charge in [-0.1, -0.05) is 30.3 Å². The Balaban J connectivity index is 1.59. The van der Waals surface area contributed by atoms with Gasteiger partial charge < -0.3 is 9.88 Å². The molecule has 1 aliphatic rings. The molecule has 0 spiro atoms. The summed E-state index contributed by atoms with van der Waals surface area (Å²) in [6, 6.07) is 10.3. The fourth-order valence-corrected chi connectivity index (χ4v) is 2.62. The van der Waals surface area contributed by atoms with Gasteiger partial charge in [-0.2, -0.15) is 0 Å². The summed E-state index contributed by atoms with van der Waals surface area (Å²) in [6.45, 7) is 3.74. The predicted octanol–water partition coefficient (Wildman–Crippen LogP) is 0.728. The van der Waals surface area contributed by atoms with E-state index in [9.17, 15) is 9.59 Å². The molecule has 2 aromatic rings. The molecule has 0 atom stereocenters. The van der Waals surface area contributed by atoms with Gasteiger partial charge in [0.15, 0.2) is 0 Å². The van der Waals surface area contributed by atoms with E-state index in [1.54, 1.807) is 4.90 Å². The summed E-state index contributed by atoms with van der Waals surface area (Å²) in [5, 5.41) is 0. The number of rotatable bonds is 3. The Kier molecular flexibility index (Phi) is 4.29. The van der Waals surface area contributed by atoms with Gasteiger partial charge in [0.25, 0.3) is 11.5 Å². The second kappa shape index (κ2) is 6.53. The molecule has 1 aromatic heterocycles. The van der Waals surface area contributed by atoms with Crippen molar-refractivity contribution in [3.63, 3.8) is 0 Å². The fraction of sp³-hybridized carbons (Fsp3) is 0.312. The van der Waals surface area contributed by atoms with Crippen molar-refractivity contribution in [3.05, 3.63) is 64.3 Å². The van der Waals surface area contributed by atoms with Gasteiger partial charge in [-0.3, -0.25) is 14.5 Å². The first-order chi connectivity index (χ1) is 10.7. The number of nitrogens with zero attached hydrogens (tertiary/aromatic N) is 3. The standard InChI is InChI=1S/C16H18N4O2/c21-15-14(10-17-12-18-15)16(22)20-8-6-19(7-9-20)11-13-4-2-1-3-5-13/h1-5,10,12H,6-9,11H2,(H,17,18,21). The van der Waals surface area contributed by atoms with Crippen LogP contribution in [0.15, 0.2) is 47.7 Å². The fourth-order valence-electron chi connectivity index (χ4n) is 2.62. The lowest BCUT2D eigenvalue weighted by molar-refractivity contribution is 0.0626. The first-order valence-corrected chi connectivity index (χ1v) is 7.32. The molecular formula is C16H18N4O2. The first-order valence-electron chi connectivity index (χ1n) is 7.32. The molecule has 0 aliphatic carbocycles. The van der Waals surface area contributed by atoms with E-state index in [0.29, 0.717) is 13.1 Å². The Morgan fingerprint density at radius 1 is 1.14 bits per heavy atom. The van der Waals surface area contributed by atoms with Crippen LogP contribution >= 0.6 is 0 Å². The Morgan fingerprint density at radius 2 is 1.86 bits per heavy atom. The molecule has 0 unspecified atom stereocenters. The molecule has 1 aromatic carbocycles. The highest BCUT2D eigenvalue weighted by atomic mass is 16.2. The molecule has 1 fully saturated rings. The zero-order valence-corrected chi connectivity index (χ0v) is 12.2. The van der Waals surface area contributed by atoms with Gasteiger partial charge in [0.2, 0.25) is 0 Å². The van der Waals surface area contributed by atoms with Crippen LogP contribution < -0.4 is 5.56 Å². The van der Waals surface area contributed by atoms with E-state index in [1.807, 2.05) is 18.2 Å². The summed E-state index contributed by atoms with van der Waals surface area (Å²) in [6.07, 6.45) is 2.62. The van der Waals surface area contributed by atoms with E-state index in [1.165, 1.54) is 18.1 Å². The monoisotopic (exact) mass is 298 g/mol. The number of piperazine rings is 1. The number of aromatic nitrogens is 2. The molecule has 22 heavy (non-hydrogen) atoms. The van der Waals surface area contributed by atoms with Crippen LogP contribution in [0.3, 0.4) is 0 Å². The minimum Gasteiger partial charge on any atom is -0.336 e. The number of hydrogen-bond acceptors (Lipinski definition) is 4. The van der Waals surface area contributed by atoms with Crippen molar-refractivity contribution in [3.8, 4) is 0 Å². The second-order valence-electron chi connectivity index (χ2n) is 5.35. The highest BCUT2D eigenvalue weighted by Gasteiger charge is 2.23. The van der Waals surface area contributed by atoms with Crippen molar-refractivity contribution in [2.45, 2.75) is 6.54 Å². The van der Waals surface area contributed by atoms with Gasteiger partial charge in [0, 0.05) is 38.9 Å². The lowest BCUT2D eigenvalue weighted by Crippen LogP contribution is -2.49. The number of hydrogen-bond donors (Lipinski definition) is 1. The van der Waals surface area contributed by atoms with Crippen LogP contribution in [0.4, 0.5) is 0 Å². The SMILES string of the molecule is O=C(c1cnc[nH]c1=O)N1CCN(Cc2ccccc2)CC1.